The molecule has 1 atom stereocenters. The van der Waals surface area contributed by atoms with Crippen LogP contribution in [-0.4, -0.2) is 9.97 Å². The molecule has 0 bridgehead atoms. The van der Waals surface area contributed by atoms with Crippen LogP contribution in [0, 0.1) is 0 Å². The van der Waals surface area contributed by atoms with E-state index < -0.39 is 0 Å². The molecule has 2 N–H and O–H groups in total. The lowest BCUT2D eigenvalue weighted by molar-refractivity contribution is 0.817. The summed E-state index contributed by atoms with van der Waals surface area (Å²) in [5.41, 5.74) is 9.44. The highest BCUT2D eigenvalue weighted by atomic mass is 14.8. The van der Waals surface area contributed by atoms with Crippen molar-refractivity contribution >= 4 is 0 Å². The lowest BCUT2D eigenvalue weighted by Crippen LogP contribution is -2.13. The van der Waals surface area contributed by atoms with Gasteiger partial charge in [-0.3, -0.25) is 0 Å². The summed E-state index contributed by atoms with van der Waals surface area (Å²) in [5.74, 6) is 0. The molecule has 0 aliphatic carbocycles. The standard InChI is InChI=1S/C14H17N3/c1-2-3-11-4-6-12(7-5-11)14(15)13-8-9-16-10-17-13/h4-10,14H,2-3,15H2,1H3. The van der Waals surface area contributed by atoms with Gasteiger partial charge in [0.1, 0.15) is 6.33 Å². The second-order valence-electron chi connectivity index (χ2n) is 4.10. The Morgan fingerprint density at radius 1 is 1.18 bits per heavy atom. The average Bonchev–Trinajstić information content (AvgIpc) is 2.40. The number of nitrogens with zero attached hydrogens (tertiary/aromatic N) is 2. The molecule has 1 aromatic heterocycles. The maximum Gasteiger partial charge on any atom is 0.115 e. The molecule has 0 amide bonds. The van der Waals surface area contributed by atoms with E-state index in [-0.39, 0.29) is 6.04 Å². The predicted molar refractivity (Wildman–Crippen MR) is 68.5 cm³/mol. The zero-order chi connectivity index (χ0) is 12.1. The number of aromatic nitrogens is 2. The smallest absolute Gasteiger partial charge is 0.115 e. The van der Waals surface area contributed by atoms with Crippen LogP contribution in [0.1, 0.15) is 36.2 Å². The molecule has 1 unspecified atom stereocenters. The van der Waals surface area contributed by atoms with Crippen LogP contribution in [-0.2, 0) is 6.42 Å². The molecule has 0 aliphatic heterocycles. The molecular weight excluding hydrogens is 210 g/mol. The summed E-state index contributed by atoms with van der Waals surface area (Å²) in [7, 11) is 0. The fourth-order valence-corrected chi connectivity index (χ4v) is 1.84. The first kappa shape index (κ1) is 11.7. The van der Waals surface area contributed by atoms with Gasteiger partial charge < -0.3 is 5.73 Å². The molecule has 1 aromatic carbocycles. The third-order valence-corrected chi connectivity index (χ3v) is 2.80. The fraction of sp³-hybridized carbons (Fsp3) is 0.286. The van der Waals surface area contributed by atoms with Crippen LogP contribution < -0.4 is 5.73 Å². The number of rotatable bonds is 4. The molecule has 0 fully saturated rings. The topological polar surface area (TPSA) is 51.8 Å². The molecule has 0 saturated heterocycles. The van der Waals surface area contributed by atoms with E-state index in [1.807, 2.05) is 6.07 Å². The van der Waals surface area contributed by atoms with E-state index in [0.29, 0.717) is 0 Å². The molecule has 0 radical (unpaired) electrons. The fourth-order valence-electron chi connectivity index (χ4n) is 1.84. The van der Waals surface area contributed by atoms with Gasteiger partial charge in [-0.15, -0.1) is 0 Å². The first-order valence-electron chi connectivity index (χ1n) is 5.91. The van der Waals surface area contributed by atoms with Crippen LogP contribution in [0.5, 0.6) is 0 Å². The summed E-state index contributed by atoms with van der Waals surface area (Å²) >= 11 is 0. The van der Waals surface area contributed by atoms with Crippen LogP contribution in [0.25, 0.3) is 0 Å². The van der Waals surface area contributed by atoms with Gasteiger partial charge in [0.05, 0.1) is 11.7 Å². The van der Waals surface area contributed by atoms with E-state index in [1.54, 1.807) is 6.20 Å². The Hall–Kier alpha value is -1.74. The Labute approximate surface area is 102 Å². The van der Waals surface area contributed by atoms with Gasteiger partial charge in [0.2, 0.25) is 0 Å². The van der Waals surface area contributed by atoms with Gasteiger partial charge in [-0.1, -0.05) is 37.6 Å². The van der Waals surface area contributed by atoms with Gasteiger partial charge in [-0.05, 0) is 23.6 Å². The van der Waals surface area contributed by atoms with Crippen LogP contribution in [0.4, 0.5) is 0 Å². The summed E-state index contributed by atoms with van der Waals surface area (Å²) in [6.07, 6.45) is 5.52. The Morgan fingerprint density at radius 3 is 2.53 bits per heavy atom. The number of nitrogens with two attached hydrogens (primary N) is 1. The molecule has 1 heterocycles. The van der Waals surface area contributed by atoms with E-state index >= 15 is 0 Å². The highest BCUT2D eigenvalue weighted by Crippen LogP contribution is 2.17. The van der Waals surface area contributed by atoms with E-state index in [0.717, 1.165) is 24.1 Å². The molecule has 0 spiro atoms. The third kappa shape index (κ3) is 2.88. The van der Waals surface area contributed by atoms with Crippen LogP contribution in [0.3, 0.4) is 0 Å². The lowest BCUT2D eigenvalue weighted by Gasteiger charge is -2.11. The number of benzene rings is 1. The van der Waals surface area contributed by atoms with Gasteiger partial charge >= 0.3 is 0 Å². The average molecular weight is 227 g/mol. The SMILES string of the molecule is CCCc1ccc(C(N)c2ccncn2)cc1. The van der Waals surface area contributed by atoms with Crippen LogP contribution in [0.15, 0.2) is 42.9 Å². The summed E-state index contributed by atoms with van der Waals surface area (Å²) in [5, 5.41) is 0. The minimum Gasteiger partial charge on any atom is -0.319 e. The summed E-state index contributed by atoms with van der Waals surface area (Å²) in [6, 6.07) is 10.1. The number of hydrogen-bond acceptors (Lipinski definition) is 3. The summed E-state index contributed by atoms with van der Waals surface area (Å²) in [6.45, 7) is 2.18. The highest BCUT2D eigenvalue weighted by molar-refractivity contribution is 5.29. The van der Waals surface area contributed by atoms with Crippen molar-refractivity contribution in [2.24, 2.45) is 5.73 Å². The Balaban J connectivity index is 2.17. The summed E-state index contributed by atoms with van der Waals surface area (Å²) in [4.78, 5) is 8.07. The lowest BCUT2D eigenvalue weighted by atomic mass is 10.0. The minimum atomic E-state index is -0.173. The Morgan fingerprint density at radius 2 is 1.94 bits per heavy atom. The first-order chi connectivity index (χ1) is 8.31. The molecule has 2 rings (SSSR count). The van der Waals surface area contributed by atoms with Crippen molar-refractivity contribution in [3.63, 3.8) is 0 Å². The van der Waals surface area contributed by atoms with E-state index in [1.165, 1.54) is 11.9 Å². The molecule has 2 aromatic rings. The Bertz CT molecular complexity index is 451. The normalized spacial score (nSPS) is 12.4. The molecule has 3 heteroatoms. The molecular formula is C14H17N3. The second-order valence-corrected chi connectivity index (χ2v) is 4.10. The van der Waals surface area contributed by atoms with Crippen molar-refractivity contribution in [1.29, 1.82) is 0 Å². The third-order valence-electron chi connectivity index (χ3n) is 2.80. The van der Waals surface area contributed by atoms with E-state index in [9.17, 15) is 0 Å². The van der Waals surface area contributed by atoms with Crippen molar-refractivity contribution in [3.05, 3.63) is 59.7 Å². The molecule has 0 aliphatic rings. The van der Waals surface area contributed by atoms with E-state index in [2.05, 4.69) is 41.2 Å². The summed E-state index contributed by atoms with van der Waals surface area (Å²) < 4.78 is 0. The number of hydrogen-bond donors (Lipinski definition) is 1. The van der Waals surface area contributed by atoms with Crippen LogP contribution >= 0.6 is 0 Å². The van der Waals surface area contributed by atoms with Crippen molar-refractivity contribution < 1.29 is 0 Å². The largest absolute Gasteiger partial charge is 0.319 e. The Kier molecular flexibility index (Phi) is 3.83. The molecule has 88 valence electrons. The van der Waals surface area contributed by atoms with Crippen LogP contribution in [0.2, 0.25) is 0 Å². The first-order valence-corrected chi connectivity index (χ1v) is 5.91. The minimum absolute atomic E-state index is 0.173. The maximum absolute atomic E-state index is 6.15. The van der Waals surface area contributed by atoms with Gasteiger partial charge in [-0.2, -0.15) is 0 Å². The zero-order valence-corrected chi connectivity index (χ0v) is 10.0. The highest BCUT2D eigenvalue weighted by Gasteiger charge is 2.09. The van der Waals surface area contributed by atoms with E-state index in [4.69, 9.17) is 5.73 Å². The molecule has 3 nitrogen and oxygen atoms in total. The molecule has 0 saturated carbocycles. The zero-order valence-electron chi connectivity index (χ0n) is 10.0. The van der Waals surface area contributed by atoms with Crippen molar-refractivity contribution in [3.8, 4) is 0 Å². The van der Waals surface area contributed by atoms with Crippen molar-refractivity contribution in [1.82, 2.24) is 9.97 Å². The van der Waals surface area contributed by atoms with Gasteiger partial charge in [0, 0.05) is 6.20 Å². The maximum atomic E-state index is 6.15. The van der Waals surface area contributed by atoms with Gasteiger partial charge in [0.25, 0.3) is 0 Å². The van der Waals surface area contributed by atoms with Crippen molar-refractivity contribution in [2.75, 3.05) is 0 Å². The molecule has 17 heavy (non-hydrogen) atoms. The predicted octanol–water partition coefficient (Wildman–Crippen LogP) is 2.48. The quantitative estimate of drug-likeness (QED) is 0.873. The van der Waals surface area contributed by atoms with Crippen molar-refractivity contribution in [2.45, 2.75) is 25.8 Å². The monoisotopic (exact) mass is 227 g/mol. The van der Waals surface area contributed by atoms with Gasteiger partial charge in [0.15, 0.2) is 0 Å². The second kappa shape index (κ2) is 5.55. The number of aryl methyl sites for hydroxylation is 1. The van der Waals surface area contributed by atoms with Gasteiger partial charge in [-0.25, -0.2) is 9.97 Å².